The Labute approximate surface area is 221 Å². The van der Waals surface area contributed by atoms with E-state index < -0.39 is 0 Å². The van der Waals surface area contributed by atoms with Crippen LogP contribution < -0.4 is 0 Å². The molecule has 4 rings (SSSR count). The van der Waals surface area contributed by atoms with E-state index in [1.807, 2.05) is 6.92 Å². The third-order valence-electron chi connectivity index (χ3n) is 7.62. The molecule has 0 aromatic carbocycles. The zero-order chi connectivity index (χ0) is 26.0. The standard InChI is InChI=1S/C27H48O10/c1-4-26(17-31-18-26)15-29-8-22(34-11-24-13-36-24)7-28-6-21(3)33-10-23(35-12-25-14-37-25)9-30-16-27(5-2)19-32-20-27/h21-25H,4-20H2,1-3H3/t21-,22+,23?,24?,25?/m0/s1. The van der Waals surface area contributed by atoms with Gasteiger partial charge in [-0.3, -0.25) is 0 Å². The molecule has 0 aliphatic carbocycles. The lowest BCUT2D eigenvalue weighted by Crippen LogP contribution is -2.46. The van der Waals surface area contributed by atoms with Crippen molar-refractivity contribution < 1.29 is 47.4 Å². The van der Waals surface area contributed by atoms with E-state index in [1.165, 1.54) is 0 Å². The molecule has 37 heavy (non-hydrogen) atoms. The number of rotatable bonds is 23. The van der Waals surface area contributed by atoms with Crippen LogP contribution in [0, 0.1) is 10.8 Å². The Balaban J connectivity index is 1.11. The average molecular weight is 533 g/mol. The van der Waals surface area contributed by atoms with Crippen molar-refractivity contribution >= 4 is 0 Å². The van der Waals surface area contributed by atoms with Crippen molar-refractivity contribution in [1.82, 2.24) is 0 Å². The summed E-state index contributed by atoms with van der Waals surface area (Å²) in [6.45, 7) is 15.8. The van der Waals surface area contributed by atoms with E-state index in [2.05, 4.69) is 13.8 Å². The summed E-state index contributed by atoms with van der Waals surface area (Å²) in [5.41, 5.74) is 0.312. The number of hydrogen-bond donors (Lipinski definition) is 0. The normalized spacial score (nSPS) is 27.6. The molecule has 5 atom stereocenters. The van der Waals surface area contributed by atoms with Crippen LogP contribution in [0.5, 0.6) is 0 Å². The second-order valence-corrected chi connectivity index (χ2v) is 11.2. The van der Waals surface area contributed by atoms with Crippen molar-refractivity contribution in [3.05, 3.63) is 0 Å². The number of hydrogen-bond acceptors (Lipinski definition) is 10. The lowest BCUT2D eigenvalue weighted by Gasteiger charge is -2.40. The minimum Gasteiger partial charge on any atom is -0.380 e. The summed E-state index contributed by atoms with van der Waals surface area (Å²) < 4.78 is 57.4. The summed E-state index contributed by atoms with van der Waals surface area (Å²) in [6, 6.07) is 0. The van der Waals surface area contributed by atoms with Crippen molar-refractivity contribution in [1.29, 1.82) is 0 Å². The fraction of sp³-hybridized carbons (Fsp3) is 1.00. The minimum atomic E-state index is -0.147. The first-order valence-corrected chi connectivity index (χ1v) is 14.0. The third kappa shape index (κ3) is 10.3. The molecular formula is C27H48O10. The zero-order valence-corrected chi connectivity index (χ0v) is 23.0. The third-order valence-corrected chi connectivity index (χ3v) is 7.62. The van der Waals surface area contributed by atoms with Crippen LogP contribution in [-0.4, -0.2) is 130 Å². The average Bonchev–Trinajstić information content (AvgIpc) is 3.77. The Morgan fingerprint density at radius 3 is 1.51 bits per heavy atom. The summed E-state index contributed by atoms with van der Waals surface area (Å²) in [5, 5.41) is 0. The highest BCUT2D eigenvalue weighted by molar-refractivity contribution is 4.85. The highest BCUT2D eigenvalue weighted by Gasteiger charge is 2.38. The molecule has 4 aliphatic heterocycles. The molecule has 0 aromatic rings. The maximum Gasteiger partial charge on any atom is 0.104 e. The molecule has 4 saturated heterocycles. The van der Waals surface area contributed by atoms with Crippen LogP contribution >= 0.6 is 0 Å². The summed E-state index contributed by atoms with van der Waals surface area (Å²) in [5.74, 6) is 0. The molecule has 10 nitrogen and oxygen atoms in total. The van der Waals surface area contributed by atoms with Gasteiger partial charge in [-0.1, -0.05) is 13.8 Å². The van der Waals surface area contributed by atoms with Gasteiger partial charge >= 0.3 is 0 Å². The quantitative estimate of drug-likeness (QED) is 0.181. The second-order valence-electron chi connectivity index (χ2n) is 11.2. The van der Waals surface area contributed by atoms with Gasteiger partial charge in [0.25, 0.3) is 0 Å². The lowest BCUT2D eigenvalue weighted by atomic mass is 9.84. The molecule has 3 unspecified atom stereocenters. The van der Waals surface area contributed by atoms with E-state index in [9.17, 15) is 0 Å². The molecule has 0 aromatic heterocycles. The Bertz CT molecular complexity index is 622. The molecule has 0 saturated carbocycles. The second kappa shape index (κ2) is 14.8. The van der Waals surface area contributed by atoms with Crippen LogP contribution in [0.4, 0.5) is 0 Å². The van der Waals surface area contributed by atoms with Gasteiger partial charge in [0.15, 0.2) is 0 Å². The first kappa shape index (κ1) is 29.6. The van der Waals surface area contributed by atoms with E-state index in [0.29, 0.717) is 59.5 Å². The smallest absolute Gasteiger partial charge is 0.104 e. The van der Waals surface area contributed by atoms with E-state index in [4.69, 9.17) is 47.4 Å². The van der Waals surface area contributed by atoms with Crippen molar-refractivity contribution in [3.63, 3.8) is 0 Å². The Morgan fingerprint density at radius 1 is 0.649 bits per heavy atom. The molecule has 4 heterocycles. The van der Waals surface area contributed by atoms with Gasteiger partial charge in [-0.15, -0.1) is 0 Å². The molecule has 4 aliphatic rings. The van der Waals surface area contributed by atoms with E-state index >= 15 is 0 Å². The Morgan fingerprint density at radius 2 is 1.11 bits per heavy atom. The van der Waals surface area contributed by atoms with Crippen molar-refractivity contribution in [2.75, 3.05) is 99.1 Å². The van der Waals surface area contributed by atoms with Gasteiger partial charge in [0.2, 0.25) is 0 Å². The van der Waals surface area contributed by atoms with E-state index in [-0.39, 0.29) is 41.3 Å². The predicted octanol–water partition coefficient (Wildman–Crippen LogP) is 1.86. The van der Waals surface area contributed by atoms with Crippen LogP contribution in [0.1, 0.15) is 33.6 Å². The summed E-state index contributed by atoms with van der Waals surface area (Å²) in [4.78, 5) is 0. The Kier molecular flexibility index (Phi) is 11.9. The van der Waals surface area contributed by atoms with Gasteiger partial charge in [0.05, 0.1) is 105 Å². The first-order chi connectivity index (χ1) is 18.0. The molecule has 0 N–H and O–H groups in total. The van der Waals surface area contributed by atoms with Crippen LogP contribution in [0.25, 0.3) is 0 Å². The van der Waals surface area contributed by atoms with Gasteiger partial charge in [-0.2, -0.15) is 0 Å². The van der Waals surface area contributed by atoms with Crippen molar-refractivity contribution in [3.8, 4) is 0 Å². The monoisotopic (exact) mass is 532 g/mol. The highest BCUT2D eigenvalue weighted by atomic mass is 16.6. The summed E-state index contributed by atoms with van der Waals surface area (Å²) >= 11 is 0. The van der Waals surface area contributed by atoms with E-state index in [0.717, 1.165) is 52.5 Å². The Hall–Kier alpha value is -0.400. The molecule has 0 spiro atoms. The molecule has 10 heteroatoms. The van der Waals surface area contributed by atoms with Crippen molar-refractivity contribution in [2.24, 2.45) is 10.8 Å². The molecule has 0 bridgehead atoms. The molecular weight excluding hydrogens is 484 g/mol. The van der Waals surface area contributed by atoms with Gasteiger partial charge in [-0.25, -0.2) is 0 Å². The maximum atomic E-state index is 6.06. The lowest BCUT2D eigenvalue weighted by molar-refractivity contribution is -0.164. The van der Waals surface area contributed by atoms with E-state index in [1.54, 1.807) is 0 Å². The topological polar surface area (TPSA) is 98.9 Å². The van der Waals surface area contributed by atoms with Gasteiger partial charge in [-0.05, 0) is 19.8 Å². The summed E-state index contributed by atoms with van der Waals surface area (Å²) in [7, 11) is 0. The maximum absolute atomic E-state index is 6.06. The highest BCUT2D eigenvalue weighted by Crippen LogP contribution is 2.32. The van der Waals surface area contributed by atoms with Gasteiger partial charge < -0.3 is 47.4 Å². The summed E-state index contributed by atoms with van der Waals surface area (Å²) in [6.07, 6.45) is 2.13. The molecule has 4 fully saturated rings. The van der Waals surface area contributed by atoms with Crippen LogP contribution in [0.2, 0.25) is 0 Å². The molecule has 0 radical (unpaired) electrons. The number of epoxide rings is 2. The van der Waals surface area contributed by atoms with Crippen LogP contribution in [-0.2, 0) is 47.4 Å². The number of ether oxygens (including phenoxy) is 10. The van der Waals surface area contributed by atoms with Gasteiger partial charge in [0, 0.05) is 10.8 Å². The SMILES string of the molecule is CCC1(COCC(CO[C@@H](C)COC[C@H](COCC2(CC)COC2)OCC2CO2)OCC2CO2)COC1. The van der Waals surface area contributed by atoms with Crippen molar-refractivity contribution in [2.45, 2.75) is 64.1 Å². The van der Waals surface area contributed by atoms with Crippen LogP contribution in [0.3, 0.4) is 0 Å². The fourth-order valence-electron chi connectivity index (χ4n) is 4.16. The molecule has 216 valence electrons. The minimum absolute atomic E-state index is 0.0888. The predicted molar refractivity (Wildman–Crippen MR) is 134 cm³/mol. The molecule has 0 amide bonds. The largest absolute Gasteiger partial charge is 0.380 e. The zero-order valence-electron chi connectivity index (χ0n) is 23.0. The fourth-order valence-corrected chi connectivity index (χ4v) is 4.16. The van der Waals surface area contributed by atoms with Crippen LogP contribution in [0.15, 0.2) is 0 Å². The van der Waals surface area contributed by atoms with Gasteiger partial charge in [0.1, 0.15) is 24.4 Å². The first-order valence-electron chi connectivity index (χ1n) is 14.0.